The highest BCUT2D eigenvalue weighted by Gasteiger charge is 2.20. The summed E-state index contributed by atoms with van der Waals surface area (Å²) in [6.07, 6.45) is 0.998. The zero-order chi connectivity index (χ0) is 16.8. The van der Waals surface area contributed by atoms with Crippen molar-refractivity contribution >= 4 is 18.0 Å². The number of ether oxygens (including phenoxy) is 1. The molecule has 0 saturated carbocycles. The lowest BCUT2D eigenvalue weighted by Crippen LogP contribution is -2.28. The third-order valence-corrected chi connectivity index (χ3v) is 3.88. The minimum Gasteiger partial charge on any atom is -0.459 e. The normalized spacial score (nSPS) is 13.0. The van der Waals surface area contributed by atoms with E-state index in [1.54, 1.807) is 19.9 Å². The van der Waals surface area contributed by atoms with E-state index in [-0.39, 0.29) is 6.61 Å². The van der Waals surface area contributed by atoms with E-state index in [9.17, 15) is 9.90 Å². The van der Waals surface area contributed by atoms with Crippen LogP contribution in [0.25, 0.3) is 0 Å². The number of hydrogen-bond donors (Lipinski definition) is 1. The van der Waals surface area contributed by atoms with Crippen LogP contribution in [0.3, 0.4) is 0 Å². The van der Waals surface area contributed by atoms with Crippen molar-refractivity contribution in [3.8, 4) is 0 Å². The fourth-order valence-corrected chi connectivity index (χ4v) is 2.28. The maximum Gasteiger partial charge on any atom is 0.339 e. The van der Waals surface area contributed by atoms with Gasteiger partial charge in [-0.3, -0.25) is 0 Å². The second kappa shape index (κ2) is 8.53. The van der Waals surface area contributed by atoms with Crippen LogP contribution in [-0.4, -0.2) is 30.4 Å². The summed E-state index contributed by atoms with van der Waals surface area (Å²) in [5, 5.41) is 9.65. The van der Waals surface area contributed by atoms with E-state index in [1.165, 1.54) is 7.11 Å². The second-order valence-corrected chi connectivity index (χ2v) is 6.51. The number of carbonyl (C=O) groups is 1. The number of benzene rings is 1. The first-order chi connectivity index (χ1) is 10.3. The van der Waals surface area contributed by atoms with Crippen LogP contribution in [0.2, 0.25) is 0 Å². The Morgan fingerprint density at radius 3 is 2.64 bits per heavy atom. The summed E-state index contributed by atoms with van der Waals surface area (Å²) in [7, 11) is 1.40. The van der Waals surface area contributed by atoms with Gasteiger partial charge in [0.15, 0.2) is 0 Å². The van der Waals surface area contributed by atoms with Gasteiger partial charge in [-0.2, -0.15) is 4.33 Å². The molecule has 0 heterocycles. The molecule has 0 aliphatic carbocycles. The highest BCUT2D eigenvalue weighted by molar-refractivity contribution is 7.94. The summed E-state index contributed by atoms with van der Waals surface area (Å²) in [6, 6.07) is 5.53. The Bertz CT molecular complexity index is 496. The monoisotopic (exact) mass is 328 g/mol. The Hall–Kier alpha value is -1.08. The maximum atomic E-state index is 12.2. The first-order valence-electron chi connectivity index (χ1n) is 7.19. The molecule has 6 heteroatoms. The highest BCUT2D eigenvalue weighted by Crippen LogP contribution is 2.29. The number of rotatable bonds is 8. The van der Waals surface area contributed by atoms with E-state index in [0.29, 0.717) is 16.4 Å². The minimum absolute atomic E-state index is 0.0752. The molecule has 1 unspecified atom stereocenters. The van der Waals surface area contributed by atoms with Gasteiger partial charge in [0.25, 0.3) is 0 Å². The molecule has 124 valence electrons. The Kier molecular flexibility index (Phi) is 7.35. The van der Waals surface area contributed by atoms with Crippen LogP contribution in [-0.2, 0) is 14.0 Å². The Labute approximate surface area is 136 Å². The summed E-state index contributed by atoms with van der Waals surface area (Å²) >= 11 is 0.965. The van der Waals surface area contributed by atoms with Gasteiger partial charge in [-0.25, -0.2) is 9.68 Å². The average molecular weight is 328 g/mol. The van der Waals surface area contributed by atoms with Gasteiger partial charge in [0.05, 0.1) is 35.2 Å². The molecule has 1 atom stereocenters. The standard InChI is InChI=1S/C16H24O5S/c1-6-11(2)12-7-8-13(14(9-12)22-21-19-5)15(17)20-10-16(3,4)18/h7-9,11,18H,6,10H2,1-5H3. The van der Waals surface area contributed by atoms with Crippen LogP contribution in [0.4, 0.5) is 0 Å². The summed E-state index contributed by atoms with van der Waals surface area (Å²) in [6.45, 7) is 7.31. The van der Waals surface area contributed by atoms with E-state index in [4.69, 9.17) is 9.07 Å². The largest absolute Gasteiger partial charge is 0.459 e. The Morgan fingerprint density at radius 2 is 2.09 bits per heavy atom. The summed E-state index contributed by atoms with van der Waals surface area (Å²) in [5.74, 6) is -0.122. The molecule has 0 fully saturated rings. The van der Waals surface area contributed by atoms with Gasteiger partial charge in [-0.15, -0.1) is 0 Å². The van der Waals surface area contributed by atoms with Gasteiger partial charge in [0.1, 0.15) is 6.61 Å². The number of hydrogen-bond acceptors (Lipinski definition) is 6. The van der Waals surface area contributed by atoms with Crippen LogP contribution in [0.15, 0.2) is 23.1 Å². The van der Waals surface area contributed by atoms with Gasteiger partial charge in [0.2, 0.25) is 0 Å². The van der Waals surface area contributed by atoms with Crippen LogP contribution >= 0.6 is 12.0 Å². The van der Waals surface area contributed by atoms with Crippen LogP contribution in [0.5, 0.6) is 0 Å². The molecule has 0 bridgehead atoms. The molecule has 0 spiro atoms. The lowest BCUT2D eigenvalue weighted by atomic mass is 9.97. The van der Waals surface area contributed by atoms with Crippen LogP contribution in [0, 0.1) is 0 Å². The SMILES string of the molecule is CCC(C)c1ccc(C(=O)OCC(C)(C)O)c(SOOC)c1. The molecule has 0 saturated heterocycles. The first kappa shape index (κ1) is 19.0. The summed E-state index contributed by atoms with van der Waals surface area (Å²) < 4.78 is 10.0. The smallest absolute Gasteiger partial charge is 0.339 e. The number of carbonyl (C=O) groups excluding carboxylic acids is 1. The third-order valence-electron chi connectivity index (χ3n) is 3.16. The van der Waals surface area contributed by atoms with Gasteiger partial charge >= 0.3 is 5.97 Å². The average Bonchev–Trinajstić information content (AvgIpc) is 2.48. The maximum absolute atomic E-state index is 12.2. The fraction of sp³-hybridized carbons (Fsp3) is 0.562. The molecule has 0 radical (unpaired) electrons. The molecule has 1 rings (SSSR count). The zero-order valence-corrected chi connectivity index (χ0v) is 14.5. The lowest BCUT2D eigenvalue weighted by molar-refractivity contribution is -0.160. The molecule has 1 N–H and O–H groups in total. The van der Waals surface area contributed by atoms with Crippen molar-refractivity contribution in [2.45, 2.75) is 50.5 Å². The molecule has 1 aromatic rings. The highest BCUT2D eigenvalue weighted by atomic mass is 32.2. The predicted molar refractivity (Wildman–Crippen MR) is 85.7 cm³/mol. The van der Waals surface area contributed by atoms with Crippen molar-refractivity contribution in [1.82, 2.24) is 0 Å². The van der Waals surface area contributed by atoms with Crippen LogP contribution < -0.4 is 0 Å². The molecule has 22 heavy (non-hydrogen) atoms. The molecule has 5 nitrogen and oxygen atoms in total. The van der Waals surface area contributed by atoms with Gasteiger partial charge < -0.3 is 9.84 Å². The fourth-order valence-electron chi connectivity index (χ4n) is 1.71. The van der Waals surface area contributed by atoms with E-state index >= 15 is 0 Å². The lowest BCUT2D eigenvalue weighted by Gasteiger charge is -2.18. The van der Waals surface area contributed by atoms with E-state index < -0.39 is 11.6 Å². The van der Waals surface area contributed by atoms with E-state index in [0.717, 1.165) is 24.0 Å². The molecular formula is C16H24O5S. The van der Waals surface area contributed by atoms with Crippen molar-refractivity contribution in [2.75, 3.05) is 13.7 Å². The Morgan fingerprint density at radius 1 is 1.41 bits per heavy atom. The zero-order valence-electron chi connectivity index (χ0n) is 13.7. The van der Waals surface area contributed by atoms with Crippen molar-refractivity contribution in [3.63, 3.8) is 0 Å². The number of esters is 1. The van der Waals surface area contributed by atoms with Crippen molar-refractivity contribution in [2.24, 2.45) is 0 Å². The first-order valence-corrected chi connectivity index (χ1v) is 7.93. The van der Waals surface area contributed by atoms with Crippen molar-refractivity contribution in [3.05, 3.63) is 29.3 Å². The third kappa shape index (κ3) is 5.96. The van der Waals surface area contributed by atoms with E-state index in [2.05, 4.69) is 18.7 Å². The molecule has 1 aromatic carbocycles. The van der Waals surface area contributed by atoms with E-state index in [1.807, 2.05) is 12.1 Å². The molecule has 0 aromatic heterocycles. The van der Waals surface area contributed by atoms with Crippen molar-refractivity contribution in [1.29, 1.82) is 0 Å². The quantitative estimate of drug-likeness (QED) is 0.340. The molecular weight excluding hydrogens is 304 g/mol. The predicted octanol–water partition coefficient (Wildman–Crippen LogP) is 3.71. The van der Waals surface area contributed by atoms with Crippen LogP contribution in [0.1, 0.15) is 56.0 Å². The molecule has 0 amide bonds. The second-order valence-electron chi connectivity index (χ2n) is 5.77. The summed E-state index contributed by atoms with van der Waals surface area (Å²) in [4.78, 5) is 17.4. The molecule has 0 aliphatic rings. The minimum atomic E-state index is -1.07. The number of aliphatic hydroxyl groups is 1. The topological polar surface area (TPSA) is 65.0 Å². The Balaban J connectivity index is 2.98. The van der Waals surface area contributed by atoms with Gasteiger partial charge in [-0.05, 0) is 43.9 Å². The van der Waals surface area contributed by atoms with Gasteiger partial charge in [-0.1, -0.05) is 19.9 Å². The molecule has 0 aliphatic heterocycles. The summed E-state index contributed by atoms with van der Waals surface area (Å²) in [5.41, 5.74) is 0.435. The van der Waals surface area contributed by atoms with Gasteiger partial charge in [0, 0.05) is 0 Å². The van der Waals surface area contributed by atoms with Crippen molar-refractivity contribution < 1.29 is 23.9 Å².